The van der Waals surface area contributed by atoms with Gasteiger partial charge in [0, 0.05) is 55.3 Å². The number of para-hydroxylation sites is 1. The van der Waals surface area contributed by atoms with E-state index in [2.05, 4.69) is 39.0 Å². The molecule has 0 fully saturated rings. The molecule has 3 N–H and O–H groups in total. The van der Waals surface area contributed by atoms with E-state index in [1.807, 2.05) is 30.3 Å². The second kappa shape index (κ2) is 9.41. The third kappa shape index (κ3) is 4.34. The molecule has 0 unspecified atom stereocenters. The van der Waals surface area contributed by atoms with Gasteiger partial charge in [0.05, 0.1) is 28.5 Å². The number of nitrogens with zero attached hydrogens (tertiary/aromatic N) is 2. The molecule has 0 bridgehead atoms. The molecule has 7 heteroatoms. The average molecular weight is 474 g/mol. The highest BCUT2D eigenvalue weighted by Gasteiger charge is 2.26. The quantitative estimate of drug-likeness (QED) is 0.385. The van der Waals surface area contributed by atoms with Gasteiger partial charge in [-0.15, -0.1) is 0 Å². The monoisotopic (exact) mass is 473 g/mol. The fourth-order valence-corrected chi connectivity index (χ4v) is 4.84. The number of halogens is 2. The third-order valence-corrected chi connectivity index (χ3v) is 6.66. The predicted molar refractivity (Wildman–Crippen MR) is 140 cm³/mol. The smallest absolute Gasteiger partial charge is 0.264 e. The summed E-state index contributed by atoms with van der Waals surface area (Å²) in [6.45, 7) is 9.52. The standard InChI is InChI=1S/C28H29F2N5/c1-17-11-12-32-27-24(34-17)7-4-8-25(27)35-13-5-6-19-14-21(22(28(29)30)15-26(19)35)20-9-10-23(33-16-20)18(2)31-3/h4,7-10,14-16,28,31-32,34H,1-2,5-6,11-13H2,3H3. The fourth-order valence-electron chi connectivity index (χ4n) is 4.84. The lowest BCUT2D eigenvalue weighted by Gasteiger charge is -2.34. The van der Waals surface area contributed by atoms with Crippen LogP contribution < -0.4 is 20.9 Å². The summed E-state index contributed by atoms with van der Waals surface area (Å²) in [6.07, 6.45) is 1.62. The molecule has 5 rings (SSSR count). The maximum absolute atomic E-state index is 14.3. The lowest BCUT2D eigenvalue weighted by Crippen LogP contribution is -2.26. The molecule has 2 aromatic carbocycles. The van der Waals surface area contributed by atoms with Crippen molar-refractivity contribution in [1.82, 2.24) is 10.3 Å². The summed E-state index contributed by atoms with van der Waals surface area (Å²) >= 11 is 0. The molecule has 5 nitrogen and oxygen atoms in total. The SMILES string of the molecule is C=C1CCNc2c(cccc2N2CCCc3cc(-c4ccc(C(=C)NC)nc4)c(C(F)F)cc32)N1. The van der Waals surface area contributed by atoms with Gasteiger partial charge in [-0.2, -0.15) is 0 Å². The molecular formula is C28H29F2N5. The highest BCUT2D eigenvalue weighted by atomic mass is 19.3. The molecule has 2 aliphatic rings. The van der Waals surface area contributed by atoms with E-state index in [0.717, 1.165) is 66.4 Å². The van der Waals surface area contributed by atoms with Crippen molar-refractivity contribution >= 4 is 28.4 Å². The van der Waals surface area contributed by atoms with Crippen LogP contribution in [0.2, 0.25) is 0 Å². The summed E-state index contributed by atoms with van der Waals surface area (Å²) in [4.78, 5) is 6.59. The van der Waals surface area contributed by atoms with Crippen molar-refractivity contribution in [3.8, 4) is 11.1 Å². The summed E-state index contributed by atoms with van der Waals surface area (Å²) < 4.78 is 28.7. The molecule has 1 aromatic heterocycles. The number of nitrogens with one attached hydrogen (secondary N) is 3. The number of rotatable bonds is 5. The van der Waals surface area contributed by atoms with Crippen LogP contribution in [0.5, 0.6) is 0 Å². The number of alkyl halides is 2. The van der Waals surface area contributed by atoms with Crippen LogP contribution in [0.4, 0.5) is 31.5 Å². The first-order valence-electron chi connectivity index (χ1n) is 11.8. The van der Waals surface area contributed by atoms with Crippen molar-refractivity contribution in [3.05, 3.63) is 84.3 Å². The van der Waals surface area contributed by atoms with E-state index in [9.17, 15) is 8.78 Å². The molecule has 35 heavy (non-hydrogen) atoms. The molecule has 0 radical (unpaired) electrons. The Morgan fingerprint density at radius 1 is 1.14 bits per heavy atom. The van der Waals surface area contributed by atoms with Gasteiger partial charge >= 0.3 is 0 Å². The molecule has 2 aliphatic heterocycles. The third-order valence-electron chi connectivity index (χ3n) is 6.66. The van der Waals surface area contributed by atoms with E-state index >= 15 is 0 Å². The van der Waals surface area contributed by atoms with Crippen LogP contribution in [0.1, 0.15) is 36.1 Å². The van der Waals surface area contributed by atoms with Gasteiger partial charge in [-0.3, -0.25) is 4.98 Å². The van der Waals surface area contributed by atoms with Crippen LogP contribution in [-0.4, -0.2) is 25.1 Å². The molecule has 0 spiro atoms. The second-order valence-electron chi connectivity index (χ2n) is 8.89. The topological polar surface area (TPSA) is 52.2 Å². The first kappa shape index (κ1) is 22.9. The molecule has 0 amide bonds. The van der Waals surface area contributed by atoms with Crippen molar-refractivity contribution < 1.29 is 8.78 Å². The molecule has 3 heterocycles. The van der Waals surface area contributed by atoms with Gasteiger partial charge in [-0.05, 0) is 54.3 Å². The number of benzene rings is 2. The van der Waals surface area contributed by atoms with E-state index in [1.54, 1.807) is 25.4 Å². The minimum absolute atomic E-state index is 0.0131. The van der Waals surface area contributed by atoms with Gasteiger partial charge < -0.3 is 20.9 Å². The van der Waals surface area contributed by atoms with Crippen molar-refractivity contribution in [1.29, 1.82) is 0 Å². The van der Waals surface area contributed by atoms with Gasteiger partial charge in [0.2, 0.25) is 0 Å². The summed E-state index contributed by atoms with van der Waals surface area (Å²) in [5, 5.41) is 9.86. The van der Waals surface area contributed by atoms with Crippen LogP contribution in [0.15, 0.2) is 67.5 Å². The lowest BCUT2D eigenvalue weighted by atomic mass is 9.92. The minimum Gasteiger partial charge on any atom is -0.387 e. The number of hydrogen-bond acceptors (Lipinski definition) is 5. The van der Waals surface area contributed by atoms with Gasteiger partial charge in [0.25, 0.3) is 6.43 Å². The maximum atomic E-state index is 14.3. The van der Waals surface area contributed by atoms with E-state index in [4.69, 9.17) is 0 Å². The summed E-state index contributed by atoms with van der Waals surface area (Å²) in [7, 11) is 1.77. The average Bonchev–Trinajstić information content (AvgIpc) is 3.07. The molecular weight excluding hydrogens is 444 g/mol. The highest BCUT2D eigenvalue weighted by Crippen LogP contribution is 2.45. The largest absolute Gasteiger partial charge is 0.387 e. The Kier molecular flexibility index (Phi) is 6.16. The van der Waals surface area contributed by atoms with Gasteiger partial charge in [0.1, 0.15) is 0 Å². The van der Waals surface area contributed by atoms with Crippen LogP contribution in [0, 0.1) is 0 Å². The van der Waals surface area contributed by atoms with Crippen molar-refractivity contribution in [2.24, 2.45) is 0 Å². The number of hydrogen-bond donors (Lipinski definition) is 3. The maximum Gasteiger partial charge on any atom is 0.264 e. The van der Waals surface area contributed by atoms with Crippen molar-refractivity contribution in [3.63, 3.8) is 0 Å². The van der Waals surface area contributed by atoms with Crippen LogP contribution in [0.25, 0.3) is 16.8 Å². The summed E-state index contributed by atoms with van der Waals surface area (Å²) in [5.74, 6) is 0. The van der Waals surface area contributed by atoms with Crippen LogP contribution >= 0.6 is 0 Å². The molecule has 0 aliphatic carbocycles. The van der Waals surface area contributed by atoms with Gasteiger partial charge in [0.15, 0.2) is 0 Å². The van der Waals surface area contributed by atoms with Gasteiger partial charge in [-0.25, -0.2) is 8.78 Å². The van der Waals surface area contributed by atoms with Crippen LogP contribution in [0.3, 0.4) is 0 Å². The second-order valence-corrected chi connectivity index (χ2v) is 8.89. The Bertz CT molecular complexity index is 1280. The van der Waals surface area contributed by atoms with E-state index in [-0.39, 0.29) is 5.56 Å². The number of pyridine rings is 1. The van der Waals surface area contributed by atoms with Crippen molar-refractivity contribution in [2.45, 2.75) is 25.7 Å². The first-order chi connectivity index (χ1) is 17.0. The highest BCUT2D eigenvalue weighted by molar-refractivity contribution is 5.89. The van der Waals surface area contributed by atoms with E-state index in [0.29, 0.717) is 22.5 Å². The number of anilines is 4. The molecule has 0 saturated carbocycles. The Morgan fingerprint density at radius 2 is 2.00 bits per heavy atom. The zero-order valence-electron chi connectivity index (χ0n) is 19.8. The number of aromatic nitrogens is 1. The Morgan fingerprint density at radius 3 is 2.74 bits per heavy atom. The number of aryl methyl sites for hydroxylation is 1. The lowest BCUT2D eigenvalue weighted by molar-refractivity contribution is 0.152. The van der Waals surface area contributed by atoms with Crippen molar-refractivity contribution in [2.75, 3.05) is 35.7 Å². The summed E-state index contributed by atoms with van der Waals surface area (Å²) in [6, 6.07) is 13.3. The predicted octanol–water partition coefficient (Wildman–Crippen LogP) is 6.70. The Hall–Kier alpha value is -3.87. The molecule has 0 atom stereocenters. The van der Waals surface area contributed by atoms with Crippen LogP contribution in [-0.2, 0) is 6.42 Å². The van der Waals surface area contributed by atoms with E-state index in [1.165, 1.54) is 0 Å². The minimum atomic E-state index is -2.61. The molecule has 180 valence electrons. The van der Waals surface area contributed by atoms with E-state index < -0.39 is 6.43 Å². The normalized spacial score (nSPS) is 15.0. The fraction of sp³-hybridized carbons (Fsp3) is 0.250. The summed E-state index contributed by atoms with van der Waals surface area (Å²) in [5.41, 5.74) is 8.34. The Labute approximate surface area is 204 Å². The van der Waals surface area contributed by atoms with Gasteiger partial charge in [-0.1, -0.05) is 25.3 Å². The zero-order valence-corrected chi connectivity index (χ0v) is 19.8. The molecule has 0 saturated heterocycles. The first-order valence-corrected chi connectivity index (χ1v) is 11.8. The number of fused-ring (bicyclic) bond motifs is 2. The Balaban J connectivity index is 1.59. The molecule has 3 aromatic rings. The zero-order chi connectivity index (χ0) is 24.5.